The highest BCUT2D eigenvalue weighted by Crippen LogP contribution is 2.35. The molecule has 4 nitrogen and oxygen atoms in total. The van der Waals surface area contributed by atoms with Crippen molar-refractivity contribution in [3.05, 3.63) is 48.5 Å². The minimum atomic E-state index is 0.123. The van der Waals surface area contributed by atoms with E-state index in [9.17, 15) is 4.79 Å². The first-order valence-corrected chi connectivity index (χ1v) is 8.14. The van der Waals surface area contributed by atoms with Gasteiger partial charge in [-0.1, -0.05) is 24.3 Å². The molecule has 5 heteroatoms. The maximum Gasteiger partial charge on any atom is 0.227 e. The average molecular weight is 309 g/mol. The van der Waals surface area contributed by atoms with E-state index in [0.717, 1.165) is 39.6 Å². The lowest BCUT2D eigenvalue weighted by molar-refractivity contribution is -0.117. The van der Waals surface area contributed by atoms with Crippen LogP contribution < -0.4 is 5.32 Å². The van der Waals surface area contributed by atoms with Crippen molar-refractivity contribution in [2.24, 2.45) is 5.92 Å². The number of carbonyl (C=O) groups excluding carboxylic acids is 1. The Labute approximate surface area is 132 Å². The van der Waals surface area contributed by atoms with Gasteiger partial charge in [0.05, 0.1) is 16.7 Å². The highest BCUT2D eigenvalue weighted by Gasteiger charge is 2.29. The Kier molecular flexibility index (Phi) is 3.35. The molecule has 110 valence electrons. The van der Waals surface area contributed by atoms with Crippen LogP contribution in [-0.4, -0.2) is 15.9 Å². The number of hydrogen-bond acceptors (Lipinski definition) is 3. The highest BCUT2D eigenvalue weighted by molar-refractivity contribution is 7.99. The third-order valence-corrected chi connectivity index (χ3v) is 4.63. The number of anilines is 1. The molecule has 1 saturated carbocycles. The zero-order chi connectivity index (χ0) is 14.9. The number of H-pyrrole nitrogens is 1. The summed E-state index contributed by atoms with van der Waals surface area (Å²) in [5.74, 6) is 0.321. The lowest BCUT2D eigenvalue weighted by atomic mass is 10.3. The number of fused-ring (bicyclic) bond motifs is 1. The lowest BCUT2D eigenvalue weighted by Gasteiger charge is -2.09. The van der Waals surface area contributed by atoms with Gasteiger partial charge in [-0.2, -0.15) is 0 Å². The Balaban J connectivity index is 1.60. The van der Waals surface area contributed by atoms with E-state index in [-0.39, 0.29) is 11.8 Å². The zero-order valence-corrected chi connectivity index (χ0v) is 12.7. The van der Waals surface area contributed by atoms with Crippen molar-refractivity contribution in [3.8, 4) is 0 Å². The molecule has 0 saturated heterocycles. The van der Waals surface area contributed by atoms with Crippen LogP contribution in [0.3, 0.4) is 0 Å². The summed E-state index contributed by atoms with van der Waals surface area (Å²) >= 11 is 1.53. The van der Waals surface area contributed by atoms with Crippen LogP contribution in [0.15, 0.2) is 58.6 Å². The van der Waals surface area contributed by atoms with Crippen LogP contribution in [0.4, 0.5) is 5.69 Å². The molecule has 1 fully saturated rings. The van der Waals surface area contributed by atoms with E-state index in [1.165, 1.54) is 11.8 Å². The molecular formula is C17H15N3OS. The van der Waals surface area contributed by atoms with Gasteiger partial charge >= 0.3 is 0 Å². The molecule has 3 aromatic rings. The number of para-hydroxylation sites is 3. The van der Waals surface area contributed by atoms with E-state index < -0.39 is 0 Å². The molecule has 0 spiro atoms. The van der Waals surface area contributed by atoms with Crippen molar-refractivity contribution in [1.29, 1.82) is 0 Å². The minimum absolute atomic E-state index is 0.123. The summed E-state index contributed by atoms with van der Waals surface area (Å²) in [5.41, 5.74) is 2.82. The molecule has 2 aromatic carbocycles. The number of nitrogens with zero attached hydrogens (tertiary/aromatic N) is 1. The fourth-order valence-corrected chi connectivity index (χ4v) is 3.21. The largest absolute Gasteiger partial charge is 0.333 e. The summed E-state index contributed by atoms with van der Waals surface area (Å²) in [6.07, 6.45) is 2.01. The van der Waals surface area contributed by atoms with Gasteiger partial charge in [0, 0.05) is 10.8 Å². The van der Waals surface area contributed by atoms with Crippen molar-refractivity contribution in [3.63, 3.8) is 0 Å². The Morgan fingerprint density at radius 1 is 1.14 bits per heavy atom. The van der Waals surface area contributed by atoms with Crippen LogP contribution in [0.1, 0.15) is 12.8 Å². The maximum atomic E-state index is 12.0. The van der Waals surface area contributed by atoms with Gasteiger partial charge in [-0.05, 0) is 48.9 Å². The molecule has 0 atom stereocenters. The summed E-state index contributed by atoms with van der Waals surface area (Å²) in [6, 6.07) is 15.8. The molecule has 0 unspecified atom stereocenters. The van der Waals surface area contributed by atoms with Crippen LogP contribution >= 0.6 is 11.8 Å². The molecule has 22 heavy (non-hydrogen) atoms. The second-order valence-electron chi connectivity index (χ2n) is 5.42. The maximum absolute atomic E-state index is 12.0. The summed E-state index contributed by atoms with van der Waals surface area (Å²) in [4.78, 5) is 20.8. The Bertz CT molecular complexity index is 806. The fourth-order valence-electron chi connectivity index (χ4n) is 2.32. The molecule has 1 aromatic heterocycles. The van der Waals surface area contributed by atoms with Crippen LogP contribution in [0.2, 0.25) is 0 Å². The molecule has 0 aliphatic heterocycles. The SMILES string of the molecule is O=C(Nc1ccccc1Sc1nc2ccccc2[nH]1)C1CC1. The summed E-state index contributed by atoms with van der Waals surface area (Å²) in [6.45, 7) is 0. The molecule has 4 rings (SSSR count). The Morgan fingerprint density at radius 2 is 1.91 bits per heavy atom. The Morgan fingerprint density at radius 3 is 2.73 bits per heavy atom. The first-order chi connectivity index (χ1) is 10.8. The number of aromatic amines is 1. The van der Waals surface area contributed by atoms with Gasteiger partial charge in [0.15, 0.2) is 5.16 Å². The van der Waals surface area contributed by atoms with Crippen molar-refractivity contribution in [1.82, 2.24) is 9.97 Å². The minimum Gasteiger partial charge on any atom is -0.333 e. The topological polar surface area (TPSA) is 57.8 Å². The third kappa shape index (κ3) is 2.72. The van der Waals surface area contributed by atoms with Gasteiger partial charge in [-0.3, -0.25) is 4.79 Å². The lowest BCUT2D eigenvalue weighted by Crippen LogP contribution is -2.13. The van der Waals surface area contributed by atoms with E-state index in [2.05, 4.69) is 15.3 Å². The number of hydrogen-bond donors (Lipinski definition) is 2. The molecule has 1 amide bonds. The number of rotatable bonds is 4. The number of nitrogens with one attached hydrogen (secondary N) is 2. The normalized spacial score (nSPS) is 14.2. The average Bonchev–Trinajstić information content (AvgIpc) is 3.30. The van der Waals surface area contributed by atoms with Crippen LogP contribution in [0.25, 0.3) is 11.0 Å². The number of carbonyl (C=O) groups is 1. The first-order valence-electron chi connectivity index (χ1n) is 7.32. The molecule has 2 N–H and O–H groups in total. The molecular weight excluding hydrogens is 294 g/mol. The number of aromatic nitrogens is 2. The standard InChI is InChI=1S/C17H15N3OS/c21-16(11-9-10-11)18-14-7-3-4-8-15(14)22-17-19-12-5-1-2-6-13(12)20-17/h1-8,11H,9-10H2,(H,18,21)(H,19,20). The van der Waals surface area contributed by atoms with Gasteiger partial charge in [0.1, 0.15) is 0 Å². The van der Waals surface area contributed by atoms with Gasteiger partial charge in [0.25, 0.3) is 0 Å². The van der Waals surface area contributed by atoms with E-state index in [4.69, 9.17) is 0 Å². The van der Waals surface area contributed by atoms with Crippen molar-refractivity contribution in [2.75, 3.05) is 5.32 Å². The highest BCUT2D eigenvalue weighted by atomic mass is 32.2. The number of amides is 1. The van der Waals surface area contributed by atoms with Crippen LogP contribution in [0.5, 0.6) is 0 Å². The van der Waals surface area contributed by atoms with Gasteiger partial charge in [-0.15, -0.1) is 0 Å². The second kappa shape index (κ2) is 5.50. The third-order valence-electron chi connectivity index (χ3n) is 3.67. The summed E-state index contributed by atoms with van der Waals surface area (Å²) in [7, 11) is 0. The molecule has 0 bridgehead atoms. The van der Waals surface area contributed by atoms with E-state index in [1.54, 1.807) is 0 Å². The smallest absolute Gasteiger partial charge is 0.227 e. The first kappa shape index (κ1) is 13.4. The molecule has 1 aliphatic rings. The van der Waals surface area contributed by atoms with Gasteiger partial charge in [-0.25, -0.2) is 4.98 Å². The van der Waals surface area contributed by atoms with Crippen LogP contribution in [-0.2, 0) is 4.79 Å². The van der Waals surface area contributed by atoms with Crippen molar-refractivity contribution < 1.29 is 4.79 Å². The van der Waals surface area contributed by atoms with Crippen molar-refractivity contribution in [2.45, 2.75) is 22.9 Å². The number of imidazole rings is 1. The van der Waals surface area contributed by atoms with Crippen LogP contribution in [0, 0.1) is 5.92 Å². The predicted molar refractivity (Wildman–Crippen MR) is 88.0 cm³/mol. The van der Waals surface area contributed by atoms with Gasteiger partial charge < -0.3 is 10.3 Å². The quantitative estimate of drug-likeness (QED) is 0.764. The van der Waals surface area contributed by atoms with E-state index >= 15 is 0 Å². The molecule has 1 heterocycles. The summed E-state index contributed by atoms with van der Waals surface area (Å²) < 4.78 is 0. The monoisotopic (exact) mass is 309 g/mol. The van der Waals surface area contributed by atoms with E-state index in [1.807, 2.05) is 48.5 Å². The molecule has 1 aliphatic carbocycles. The van der Waals surface area contributed by atoms with Gasteiger partial charge in [0.2, 0.25) is 5.91 Å². The predicted octanol–water partition coefficient (Wildman–Crippen LogP) is 4.06. The summed E-state index contributed by atoms with van der Waals surface area (Å²) in [5, 5.41) is 3.85. The zero-order valence-electron chi connectivity index (χ0n) is 11.9. The van der Waals surface area contributed by atoms with Crippen molar-refractivity contribution >= 4 is 34.4 Å². The number of benzene rings is 2. The second-order valence-corrected chi connectivity index (χ2v) is 6.45. The van der Waals surface area contributed by atoms with E-state index in [0.29, 0.717) is 0 Å². The Hall–Kier alpha value is -2.27. The fraction of sp³-hybridized carbons (Fsp3) is 0.176. The molecule has 0 radical (unpaired) electrons.